The summed E-state index contributed by atoms with van der Waals surface area (Å²) in [6, 6.07) is 0. The van der Waals surface area contributed by atoms with Crippen molar-refractivity contribution in [2.75, 3.05) is 0 Å². The van der Waals surface area contributed by atoms with Gasteiger partial charge in [0.15, 0.2) is 5.06 Å². The Morgan fingerprint density at radius 2 is 1.91 bits per heavy atom. The average Bonchev–Trinajstić information content (AvgIpc) is 1.53. The van der Waals surface area contributed by atoms with Gasteiger partial charge in [0.2, 0.25) is 0 Å². The first kappa shape index (κ1) is 10.4. The summed E-state index contributed by atoms with van der Waals surface area (Å²) in [4.78, 5) is 21.1. The zero-order valence-corrected chi connectivity index (χ0v) is 7.57. The van der Waals surface area contributed by atoms with E-state index in [0.29, 0.717) is 0 Å². The maximum atomic E-state index is 10.7. The quantitative estimate of drug-likeness (QED) is 0.374. The Hall–Kier alpha value is -0.570. The van der Waals surface area contributed by atoms with Crippen LogP contribution < -0.4 is 0 Å². The highest BCUT2D eigenvalue weighted by Crippen LogP contribution is 2.14. The minimum absolute atomic E-state index is 0.212. The Morgan fingerprint density at radius 1 is 1.45 bits per heavy atom. The number of esters is 1. The predicted octanol–water partition coefficient (Wildman–Crippen LogP) is 1.48. The number of carbonyl (C=O) groups excluding carboxylic acids is 2. The van der Waals surface area contributed by atoms with Gasteiger partial charge in [0.05, 0.1) is 0 Å². The largest absolute Gasteiger partial charge is 0.443 e. The fourth-order valence-corrected chi connectivity index (χ4v) is 0.596. The molecule has 0 bridgehead atoms. The first-order chi connectivity index (χ1) is 4.81. The standard InChI is InChI=1S/C7H11ClO3/c1-5(9)4-6(10)11-7(2,3)8/h4H2,1-3H3. The summed E-state index contributed by atoms with van der Waals surface area (Å²) in [5.41, 5.74) is 0. The highest BCUT2D eigenvalue weighted by Gasteiger charge is 2.19. The molecule has 0 aromatic rings. The molecule has 0 heterocycles. The fourth-order valence-electron chi connectivity index (χ4n) is 0.510. The highest BCUT2D eigenvalue weighted by molar-refractivity contribution is 6.23. The molecule has 0 aromatic carbocycles. The Bertz CT molecular complexity index is 169. The van der Waals surface area contributed by atoms with E-state index in [0.717, 1.165) is 0 Å². The molecule has 0 spiro atoms. The van der Waals surface area contributed by atoms with E-state index in [2.05, 4.69) is 4.74 Å². The monoisotopic (exact) mass is 178 g/mol. The van der Waals surface area contributed by atoms with Crippen LogP contribution in [-0.2, 0) is 14.3 Å². The number of rotatable bonds is 3. The topological polar surface area (TPSA) is 43.4 Å². The Balaban J connectivity index is 3.80. The number of hydrogen-bond acceptors (Lipinski definition) is 3. The van der Waals surface area contributed by atoms with Crippen LogP contribution in [0.3, 0.4) is 0 Å². The van der Waals surface area contributed by atoms with Crippen molar-refractivity contribution in [1.29, 1.82) is 0 Å². The molecule has 64 valence electrons. The van der Waals surface area contributed by atoms with Crippen molar-refractivity contribution in [3.8, 4) is 0 Å². The molecule has 0 aromatic heterocycles. The van der Waals surface area contributed by atoms with E-state index < -0.39 is 11.0 Å². The summed E-state index contributed by atoms with van der Waals surface area (Å²) in [7, 11) is 0. The van der Waals surface area contributed by atoms with E-state index in [1.165, 1.54) is 20.8 Å². The molecule has 0 amide bonds. The summed E-state index contributed by atoms with van der Waals surface area (Å²) in [6.45, 7) is 4.39. The number of halogens is 1. The summed E-state index contributed by atoms with van der Waals surface area (Å²) < 4.78 is 4.65. The van der Waals surface area contributed by atoms with Crippen LogP contribution in [0.15, 0.2) is 0 Å². The molecule has 0 saturated carbocycles. The number of ether oxygens (including phenoxy) is 1. The van der Waals surface area contributed by atoms with Crippen molar-refractivity contribution in [2.24, 2.45) is 0 Å². The molecule has 4 heteroatoms. The van der Waals surface area contributed by atoms with Crippen LogP contribution in [0.25, 0.3) is 0 Å². The van der Waals surface area contributed by atoms with E-state index in [1.807, 2.05) is 0 Å². The SMILES string of the molecule is CC(=O)CC(=O)OC(C)(C)Cl. The summed E-state index contributed by atoms with van der Waals surface area (Å²) in [6.07, 6.45) is -0.212. The molecule has 11 heavy (non-hydrogen) atoms. The Morgan fingerprint density at radius 3 is 2.18 bits per heavy atom. The van der Waals surface area contributed by atoms with Crippen LogP contribution in [0, 0.1) is 0 Å². The van der Waals surface area contributed by atoms with Crippen molar-refractivity contribution >= 4 is 23.4 Å². The number of alkyl halides is 1. The van der Waals surface area contributed by atoms with Gasteiger partial charge in [0, 0.05) is 0 Å². The molecule has 0 aliphatic heterocycles. The lowest BCUT2D eigenvalue weighted by Gasteiger charge is -2.15. The smallest absolute Gasteiger partial charge is 0.314 e. The third-order valence-corrected chi connectivity index (χ3v) is 0.827. The van der Waals surface area contributed by atoms with E-state index in [9.17, 15) is 9.59 Å². The van der Waals surface area contributed by atoms with Gasteiger partial charge in [-0.15, -0.1) is 0 Å². The van der Waals surface area contributed by atoms with Crippen LogP contribution in [0.2, 0.25) is 0 Å². The van der Waals surface area contributed by atoms with Crippen LogP contribution in [0.4, 0.5) is 0 Å². The van der Waals surface area contributed by atoms with Gasteiger partial charge in [0.1, 0.15) is 12.2 Å². The van der Waals surface area contributed by atoms with Gasteiger partial charge in [-0.3, -0.25) is 9.59 Å². The van der Waals surface area contributed by atoms with Crippen molar-refractivity contribution in [3.63, 3.8) is 0 Å². The first-order valence-electron chi connectivity index (χ1n) is 3.21. The molecule has 0 aliphatic carbocycles. The molecule has 0 atom stereocenters. The van der Waals surface area contributed by atoms with E-state index in [4.69, 9.17) is 11.6 Å². The van der Waals surface area contributed by atoms with Gasteiger partial charge in [0.25, 0.3) is 0 Å². The third-order valence-electron chi connectivity index (χ3n) is 0.750. The van der Waals surface area contributed by atoms with Crippen LogP contribution in [0.1, 0.15) is 27.2 Å². The van der Waals surface area contributed by atoms with Gasteiger partial charge in [-0.1, -0.05) is 11.6 Å². The minimum Gasteiger partial charge on any atom is -0.443 e. The molecule has 0 saturated heterocycles. The first-order valence-corrected chi connectivity index (χ1v) is 3.59. The van der Waals surface area contributed by atoms with E-state index >= 15 is 0 Å². The number of ketones is 1. The number of Topliss-reactive ketones (excluding diaryl/α,β-unsaturated/α-hetero) is 1. The second-order valence-corrected chi connectivity index (χ2v) is 3.63. The average molecular weight is 179 g/mol. The Kier molecular flexibility index (Phi) is 3.52. The lowest BCUT2D eigenvalue weighted by atomic mass is 10.3. The van der Waals surface area contributed by atoms with Gasteiger partial charge in [-0.2, -0.15) is 0 Å². The molecule has 0 radical (unpaired) electrons. The maximum absolute atomic E-state index is 10.7. The van der Waals surface area contributed by atoms with Crippen LogP contribution in [-0.4, -0.2) is 16.8 Å². The van der Waals surface area contributed by atoms with Crippen molar-refractivity contribution < 1.29 is 14.3 Å². The van der Waals surface area contributed by atoms with E-state index in [-0.39, 0.29) is 12.2 Å². The van der Waals surface area contributed by atoms with Crippen molar-refractivity contribution in [1.82, 2.24) is 0 Å². The molecule has 3 nitrogen and oxygen atoms in total. The molecular weight excluding hydrogens is 168 g/mol. The Labute approximate surface area is 70.7 Å². The lowest BCUT2D eigenvalue weighted by molar-refractivity contribution is -0.151. The second kappa shape index (κ2) is 3.72. The minimum atomic E-state index is -1.02. The van der Waals surface area contributed by atoms with Crippen molar-refractivity contribution in [2.45, 2.75) is 32.3 Å². The van der Waals surface area contributed by atoms with Crippen LogP contribution in [0.5, 0.6) is 0 Å². The van der Waals surface area contributed by atoms with E-state index in [1.54, 1.807) is 0 Å². The number of carbonyl (C=O) groups is 2. The number of hydrogen-bond donors (Lipinski definition) is 0. The van der Waals surface area contributed by atoms with Gasteiger partial charge < -0.3 is 4.74 Å². The zero-order valence-electron chi connectivity index (χ0n) is 6.81. The summed E-state index contributed by atoms with van der Waals surface area (Å²) in [5.74, 6) is -0.812. The molecule has 0 N–H and O–H groups in total. The predicted molar refractivity (Wildman–Crippen MR) is 41.3 cm³/mol. The van der Waals surface area contributed by atoms with Gasteiger partial charge in [-0.05, 0) is 20.8 Å². The third kappa shape index (κ3) is 7.33. The van der Waals surface area contributed by atoms with Crippen LogP contribution >= 0.6 is 11.6 Å². The van der Waals surface area contributed by atoms with Crippen molar-refractivity contribution in [3.05, 3.63) is 0 Å². The zero-order chi connectivity index (χ0) is 9.07. The summed E-state index contributed by atoms with van der Waals surface area (Å²) >= 11 is 5.56. The second-order valence-electron chi connectivity index (χ2n) is 2.72. The van der Waals surface area contributed by atoms with Gasteiger partial charge in [-0.25, -0.2) is 0 Å². The maximum Gasteiger partial charge on any atom is 0.314 e. The normalized spacial score (nSPS) is 10.9. The van der Waals surface area contributed by atoms with Gasteiger partial charge >= 0.3 is 5.97 Å². The molecule has 0 aliphatic rings. The molecule has 0 fully saturated rings. The highest BCUT2D eigenvalue weighted by atomic mass is 35.5. The molecule has 0 unspecified atom stereocenters. The molecule has 0 rings (SSSR count). The molecular formula is C7H11ClO3. The fraction of sp³-hybridized carbons (Fsp3) is 0.714. The summed E-state index contributed by atoms with van der Waals surface area (Å²) in [5, 5.41) is -1.02. The lowest BCUT2D eigenvalue weighted by Crippen LogP contribution is -2.22.